The number of methoxy groups -OCH3 is 1. The van der Waals surface area contributed by atoms with Gasteiger partial charge in [0.05, 0.1) is 7.11 Å². The summed E-state index contributed by atoms with van der Waals surface area (Å²) in [5, 5.41) is 0. The molecule has 2 aliphatic rings. The van der Waals surface area contributed by atoms with Gasteiger partial charge in [0.2, 0.25) is 5.91 Å². The Hall–Kier alpha value is -2.37. The quantitative estimate of drug-likeness (QED) is 0.716. The fraction of sp³-hybridized carbons (Fsp3) is 0.500. The van der Waals surface area contributed by atoms with Crippen molar-refractivity contribution < 1.29 is 9.53 Å². The summed E-state index contributed by atoms with van der Waals surface area (Å²) >= 11 is 0. The maximum absolute atomic E-state index is 12.9. The lowest BCUT2D eigenvalue weighted by atomic mass is 9.92. The molecule has 0 N–H and O–H groups in total. The van der Waals surface area contributed by atoms with Crippen molar-refractivity contribution in [1.29, 1.82) is 0 Å². The van der Waals surface area contributed by atoms with E-state index in [1.165, 1.54) is 11.1 Å². The summed E-state index contributed by atoms with van der Waals surface area (Å²) in [5.41, 5.74) is 2.64. The molecule has 1 atom stereocenters. The Balaban J connectivity index is 1.37. The van der Waals surface area contributed by atoms with Crippen LogP contribution < -0.4 is 4.74 Å². The molecule has 0 radical (unpaired) electrons. The van der Waals surface area contributed by atoms with E-state index in [0.29, 0.717) is 12.5 Å². The van der Waals surface area contributed by atoms with E-state index in [9.17, 15) is 4.79 Å². The molecule has 0 saturated carbocycles. The second-order valence-electron chi connectivity index (χ2n) is 9.50. The van der Waals surface area contributed by atoms with Gasteiger partial charge in [0.15, 0.2) is 0 Å². The molecule has 2 aromatic carbocycles. The maximum atomic E-state index is 12.9. The highest BCUT2D eigenvalue weighted by molar-refractivity contribution is 5.76. The number of amides is 1. The number of ether oxygens (including phenoxy) is 1. The minimum atomic E-state index is 0.106. The molecule has 0 spiro atoms. The number of benzene rings is 2. The van der Waals surface area contributed by atoms with Gasteiger partial charge >= 0.3 is 0 Å². The molecule has 2 heterocycles. The molecule has 2 fully saturated rings. The molecule has 1 amide bonds. The molecule has 2 saturated heterocycles. The lowest BCUT2D eigenvalue weighted by Crippen LogP contribution is -2.69. The van der Waals surface area contributed by atoms with Crippen molar-refractivity contribution in [1.82, 2.24) is 14.7 Å². The van der Waals surface area contributed by atoms with Crippen LogP contribution >= 0.6 is 0 Å². The molecule has 5 heteroatoms. The topological polar surface area (TPSA) is 36.0 Å². The van der Waals surface area contributed by atoms with E-state index in [1.807, 2.05) is 30.3 Å². The first-order valence-electron chi connectivity index (χ1n) is 11.4. The Morgan fingerprint density at radius 2 is 1.74 bits per heavy atom. The SMILES string of the molecule is COc1ccc(CN2C[C@@H]3CN(C(=O)CCc4ccccc4)CCN3C(C)(C)C2)cc1. The van der Waals surface area contributed by atoms with E-state index in [4.69, 9.17) is 4.74 Å². The van der Waals surface area contributed by atoms with Gasteiger partial charge in [0.1, 0.15) is 5.75 Å². The number of fused-ring (bicyclic) bond motifs is 1. The summed E-state index contributed by atoms with van der Waals surface area (Å²) in [6, 6.07) is 19.1. The largest absolute Gasteiger partial charge is 0.497 e. The van der Waals surface area contributed by atoms with Crippen LogP contribution in [0.2, 0.25) is 0 Å². The van der Waals surface area contributed by atoms with Crippen LogP contribution in [-0.2, 0) is 17.8 Å². The summed E-state index contributed by atoms with van der Waals surface area (Å²) in [4.78, 5) is 20.2. The summed E-state index contributed by atoms with van der Waals surface area (Å²) in [7, 11) is 1.70. The molecule has 0 aromatic heterocycles. The van der Waals surface area contributed by atoms with Gasteiger partial charge in [0.25, 0.3) is 0 Å². The second kappa shape index (κ2) is 9.41. The van der Waals surface area contributed by atoms with Gasteiger partial charge in [-0.05, 0) is 43.5 Å². The van der Waals surface area contributed by atoms with Crippen molar-refractivity contribution >= 4 is 5.91 Å². The molecule has 166 valence electrons. The van der Waals surface area contributed by atoms with Crippen LogP contribution in [0.1, 0.15) is 31.4 Å². The maximum Gasteiger partial charge on any atom is 0.222 e. The first-order valence-corrected chi connectivity index (χ1v) is 11.4. The zero-order valence-corrected chi connectivity index (χ0v) is 19.1. The van der Waals surface area contributed by atoms with Crippen LogP contribution in [0.25, 0.3) is 0 Å². The van der Waals surface area contributed by atoms with Crippen molar-refractivity contribution in [3.8, 4) is 5.75 Å². The molecule has 2 aliphatic heterocycles. The number of hydrogen-bond donors (Lipinski definition) is 0. The Kier molecular flexibility index (Phi) is 6.63. The Labute approximate surface area is 186 Å². The Morgan fingerprint density at radius 1 is 1.00 bits per heavy atom. The van der Waals surface area contributed by atoms with Crippen LogP contribution in [-0.4, -0.2) is 72.0 Å². The molecule has 0 bridgehead atoms. The number of nitrogens with zero attached hydrogens (tertiary/aromatic N) is 3. The summed E-state index contributed by atoms with van der Waals surface area (Å²) in [6.07, 6.45) is 1.41. The van der Waals surface area contributed by atoms with Gasteiger partial charge in [-0.25, -0.2) is 0 Å². The Bertz CT molecular complexity index is 866. The zero-order chi connectivity index (χ0) is 21.8. The normalized spacial score (nSPS) is 21.5. The molecule has 4 rings (SSSR count). The molecular weight excluding hydrogens is 386 g/mol. The molecule has 2 aromatic rings. The minimum Gasteiger partial charge on any atom is -0.497 e. The van der Waals surface area contributed by atoms with E-state index in [0.717, 1.165) is 51.4 Å². The van der Waals surface area contributed by atoms with E-state index in [1.54, 1.807) is 7.11 Å². The standard InChI is InChI=1S/C26H35N3O2/c1-26(2)20-27(17-22-9-12-24(31-3)13-10-22)18-23-19-28(15-16-29(23)26)25(30)14-11-21-7-5-4-6-8-21/h4-10,12-13,23H,11,14-20H2,1-3H3/t23-/m1/s1. The number of hydrogen-bond acceptors (Lipinski definition) is 4. The molecular formula is C26H35N3O2. The zero-order valence-electron chi connectivity index (χ0n) is 19.1. The van der Waals surface area contributed by atoms with Gasteiger partial charge in [-0.2, -0.15) is 0 Å². The second-order valence-corrected chi connectivity index (χ2v) is 9.50. The van der Waals surface area contributed by atoms with Crippen molar-refractivity contribution in [3.63, 3.8) is 0 Å². The van der Waals surface area contributed by atoms with Crippen LogP contribution in [0.3, 0.4) is 0 Å². The molecule has 0 unspecified atom stereocenters. The van der Waals surface area contributed by atoms with Crippen molar-refractivity contribution in [2.24, 2.45) is 0 Å². The number of aryl methyl sites for hydroxylation is 1. The smallest absolute Gasteiger partial charge is 0.222 e. The van der Waals surface area contributed by atoms with E-state index in [-0.39, 0.29) is 11.4 Å². The average Bonchev–Trinajstić information content (AvgIpc) is 2.78. The monoisotopic (exact) mass is 421 g/mol. The fourth-order valence-electron chi connectivity index (χ4n) is 5.20. The van der Waals surface area contributed by atoms with Crippen molar-refractivity contribution in [2.45, 2.75) is 44.8 Å². The van der Waals surface area contributed by atoms with E-state index < -0.39 is 0 Å². The lowest BCUT2D eigenvalue weighted by molar-refractivity contribution is -0.139. The lowest BCUT2D eigenvalue weighted by Gasteiger charge is -2.55. The Morgan fingerprint density at radius 3 is 2.45 bits per heavy atom. The number of piperazine rings is 2. The highest BCUT2D eigenvalue weighted by Crippen LogP contribution is 2.29. The summed E-state index contributed by atoms with van der Waals surface area (Å²) < 4.78 is 5.29. The van der Waals surface area contributed by atoms with Gasteiger partial charge in [-0.1, -0.05) is 42.5 Å². The number of carbonyl (C=O) groups is 1. The van der Waals surface area contributed by atoms with E-state index >= 15 is 0 Å². The summed E-state index contributed by atoms with van der Waals surface area (Å²) in [5.74, 6) is 1.18. The minimum absolute atomic E-state index is 0.106. The van der Waals surface area contributed by atoms with Gasteiger partial charge in [-0.15, -0.1) is 0 Å². The number of rotatable bonds is 6. The van der Waals surface area contributed by atoms with Crippen LogP contribution in [0.4, 0.5) is 0 Å². The predicted octanol–water partition coefficient (Wildman–Crippen LogP) is 3.44. The molecule has 0 aliphatic carbocycles. The molecule has 31 heavy (non-hydrogen) atoms. The van der Waals surface area contributed by atoms with Gasteiger partial charge in [0, 0.05) is 57.3 Å². The van der Waals surface area contributed by atoms with Crippen LogP contribution in [0.15, 0.2) is 54.6 Å². The van der Waals surface area contributed by atoms with Crippen molar-refractivity contribution in [2.75, 3.05) is 39.8 Å². The summed E-state index contributed by atoms with van der Waals surface area (Å²) in [6.45, 7) is 10.3. The highest BCUT2D eigenvalue weighted by atomic mass is 16.5. The van der Waals surface area contributed by atoms with Gasteiger partial charge in [-0.3, -0.25) is 14.6 Å². The van der Waals surface area contributed by atoms with Crippen molar-refractivity contribution in [3.05, 3.63) is 65.7 Å². The predicted molar refractivity (Wildman–Crippen MR) is 124 cm³/mol. The third-order valence-electron chi connectivity index (χ3n) is 6.73. The third kappa shape index (κ3) is 5.28. The first-order chi connectivity index (χ1) is 14.9. The fourth-order valence-corrected chi connectivity index (χ4v) is 5.20. The highest BCUT2D eigenvalue weighted by Gasteiger charge is 2.43. The number of carbonyl (C=O) groups excluding carboxylic acids is 1. The first kappa shape index (κ1) is 21.8. The van der Waals surface area contributed by atoms with Crippen LogP contribution in [0, 0.1) is 0 Å². The van der Waals surface area contributed by atoms with Gasteiger partial charge < -0.3 is 9.64 Å². The third-order valence-corrected chi connectivity index (χ3v) is 6.73. The van der Waals surface area contributed by atoms with Crippen LogP contribution in [0.5, 0.6) is 5.75 Å². The van der Waals surface area contributed by atoms with E-state index in [2.05, 4.69) is 52.8 Å². The average molecular weight is 422 g/mol. The molecule has 5 nitrogen and oxygen atoms in total.